The summed E-state index contributed by atoms with van der Waals surface area (Å²) in [7, 11) is 1.47. The molecule has 0 aliphatic rings. The van der Waals surface area contributed by atoms with E-state index in [1.54, 1.807) is 18.2 Å². The molecule has 0 N–H and O–H groups in total. The summed E-state index contributed by atoms with van der Waals surface area (Å²) in [5.74, 6) is 0.454. The Morgan fingerprint density at radius 3 is 2.65 bits per heavy atom. The molecule has 0 amide bonds. The summed E-state index contributed by atoms with van der Waals surface area (Å²) in [6.07, 6.45) is 0.943. The Kier molecular flexibility index (Phi) is 3.90. The molecule has 0 atom stereocenters. The van der Waals surface area contributed by atoms with Gasteiger partial charge in [0.2, 0.25) is 0 Å². The molecule has 2 rings (SSSR count). The van der Waals surface area contributed by atoms with Crippen molar-refractivity contribution < 1.29 is 19.1 Å². The molecular weight excluding hydrogens is 288 g/mol. The number of halogens is 1. The average Bonchev–Trinajstić information content (AvgIpc) is 2.44. The predicted molar refractivity (Wildman–Crippen MR) is 70.1 cm³/mol. The van der Waals surface area contributed by atoms with Gasteiger partial charge in [0.05, 0.1) is 18.1 Å². The van der Waals surface area contributed by atoms with E-state index in [9.17, 15) is 15.3 Å². The van der Waals surface area contributed by atoms with Gasteiger partial charge in [-0.3, -0.25) is 10.1 Å². The van der Waals surface area contributed by atoms with Crippen molar-refractivity contribution in [3.8, 4) is 17.2 Å². The fraction of sp³-hybridized carbons (Fsp3) is 0.0833. The molecule has 0 saturated carbocycles. The number of nitrogens with zero attached hydrogens (tertiary/aromatic N) is 2. The summed E-state index contributed by atoms with van der Waals surface area (Å²) >= 11 is 5.76. The van der Waals surface area contributed by atoms with Gasteiger partial charge in [0.25, 0.3) is 5.75 Å². The first kappa shape index (κ1) is 13.9. The summed E-state index contributed by atoms with van der Waals surface area (Å²) in [6.45, 7) is 0. The van der Waals surface area contributed by atoms with Gasteiger partial charge in [0.1, 0.15) is 11.5 Å². The third-order valence-corrected chi connectivity index (χ3v) is 2.78. The van der Waals surface area contributed by atoms with Crippen molar-refractivity contribution >= 4 is 17.3 Å². The summed E-state index contributed by atoms with van der Waals surface area (Å²) in [5.41, 5.74) is -0.398. The van der Waals surface area contributed by atoms with E-state index >= 15 is 0 Å². The highest BCUT2D eigenvalue weighted by molar-refractivity contribution is 6.30. The SMILES string of the molecule is COc1cccc(Oc2c([N+](=O)[O-])cc[n+]([O-])c2Cl)c1. The van der Waals surface area contributed by atoms with E-state index in [1.165, 1.54) is 13.2 Å². The molecule has 0 radical (unpaired) electrons. The Labute approximate surface area is 118 Å². The molecule has 0 spiro atoms. The first-order chi connectivity index (χ1) is 9.52. The minimum absolute atomic E-state index is 0.264. The van der Waals surface area contributed by atoms with Crippen molar-refractivity contribution in [1.29, 1.82) is 0 Å². The van der Waals surface area contributed by atoms with E-state index in [1.807, 2.05) is 0 Å². The maximum atomic E-state index is 11.4. The molecule has 0 saturated heterocycles. The maximum Gasteiger partial charge on any atom is 0.336 e. The van der Waals surface area contributed by atoms with E-state index in [2.05, 4.69) is 0 Å². The van der Waals surface area contributed by atoms with Crippen LogP contribution in [0.2, 0.25) is 5.15 Å². The predicted octanol–water partition coefficient (Wildman–Crippen LogP) is 2.68. The second-order valence-corrected chi connectivity index (χ2v) is 4.04. The molecule has 20 heavy (non-hydrogen) atoms. The van der Waals surface area contributed by atoms with Crippen molar-refractivity contribution in [3.05, 3.63) is 57.0 Å². The molecule has 0 fully saturated rings. The smallest absolute Gasteiger partial charge is 0.336 e. The van der Waals surface area contributed by atoms with Gasteiger partial charge in [-0.05, 0) is 23.7 Å². The highest BCUT2D eigenvalue weighted by Crippen LogP contribution is 2.36. The number of methoxy groups -OCH3 is 1. The summed E-state index contributed by atoms with van der Waals surface area (Å²) in [4.78, 5) is 10.3. The van der Waals surface area contributed by atoms with Crippen LogP contribution in [-0.2, 0) is 0 Å². The molecule has 7 nitrogen and oxygen atoms in total. The van der Waals surface area contributed by atoms with Crippen LogP contribution in [0.5, 0.6) is 17.2 Å². The van der Waals surface area contributed by atoms with Gasteiger partial charge in [0.15, 0.2) is 6.20 Å². The Bertz CT molecular complexity index is 662. The number of hydrogen-bond donors (Lipinski definition) is 0. The monoisotopic (exact) mass is 296 g/mol. The van der Waals surface area contributed by atoms with Crippen LogP contribution < -0.4 is 14.2 Å². The lowest BCUT2D eigenvalue weighted by atomic mass is 10.3. The van der Waals surface area contributed by atoms with Gasteiger partial charge < -0.3 is 14.7 Å². The summed E-state index contributed by atoms with van der Waals surface area (Å²) in [5, 5.41) is 21.9. The second kappa shape index (κ2) is 5.62. The van der Waals surface area contributed by atoms with Crippen molar-refractivity contribution in [2.75, 3.05) is 7.11 Å². The first-order valence-electron chi connectivity index (χ1n) is 5.41. The number of rotatable bonds is 4. The molecule has 104 valence electrons. The molecule has 2 aromatic rings. The fourth-order valence-corrected chi connectivity index (χ4v) is 1.70. The van der Waals surface area contributed by atoms with Crippen molar-refractivity contribution in [2.45, 2.75) is 0 Å². The van der Waals surface area contributed by atoms with Crippen LogP contribution in [0, 0.1) is 15.3 Å². The topological polar surface area (TPSA) is 88.5 Å². The molecule has 0 bridgehead atoms. The summed E-state index contributed by atoms with van der Waals surface area (Å²) < 4.78 is 10.6. The fourth-order valence-electron chi connectivity index (χ4n) is 1.51. The minimum atomic E-state index is -0.679. The van der Waals surface area contributed by atoms with E-state index in [4.69, 9.17) is 21.1 Å². The highest BCUT2D eigenvalue weighted by atomic mass is 35.5. The zero-order valence-corrected chi connectivity index (χ0v) is 11.0. The lowest BCUT2D eigenvalue weighted by Crippen LogP contribution is -2.27. The first-order valence-corrected chi connectivity index (χ1v) is 5.78. The zero-order chi connectivity index (χ0) is 14.7. The standard InChI is InChI=1S/C12H9ClN2O5/c1-19-8-3-2-4-9(7-8)20-11-10(15(17)18)5-6-14(16)12(11)13/h2-7H,1H3. The number of benzene rings is 1. The van der Waals surface area contributed by atoms with Crippen LogP contribution >= 0.6 is 11.6 Å². The number of ether oxygens (including phenoxy) is 2. The zero-order valence-electron chi connectivity index (χ0n) is 10.3. The molecule has 1 aromatic carbocycles. The van der Waals surface area contributed by atoms with E-state index in [-0.39, 0.29) is 16.2 Å². The third kappa shape index (κ3) is 2.72. The normalized spacial score (nSPS) is 10.1. The van der Waals surface area contributed by atoms with Gasteiger partial charge in [-0.1, -0.05) is 6.07 Å². The van der Waals surface area contributed by atoms with E-state index in [0.717, 1.165) is 12.3 Å². The lowest BCUT2D eigenvalue weighted by molar-refractivity contribution is -0.604. The Balaban J connectivity index is 2.46. The number of aromatic nitrogens is 1. The molecule has 0 aliphatic carbocycles. The van der Waals surface area contributed by atoms with Crippen molar-refractivity contribution in [2.24, 2.45) is 0 Å². The van der Waals surface area contributed by atoms with Crippen molar-refractivity contribution in [1.82, 2.24) is 0 Å². The average molecular weight is 297 g/mol. The van der Waals surface area contributed by atoms with Crippen LogP contribution in [0.1, 0.15) is 0 Å². The molecular formula is C12H9ClN2O5. The van der Waals surface area contributed by atoms with Crippen molar-refractivity contribution in [3.63, 3.8) is 0 Å². The van der Waals surface area contributed by atoms with Crippen LogP contribution in [0.25, 0.3) is 0 Å². The second-order valence-electron chi connectivity index (χ2n) is 3.68. The Morgan fingerprint density at radius 1 is 1.30 bits per heavy atom. The van der Waals surface area contributed by atoms with Crippen LogP contribution in [0.15, 0.2) is 36.5 Å². The molecule has 0 unspecified atom stereocenters. The van der Waals surface area contributed by atoms with Gasteiger partial charge in [-0.25, -0.2) is 0 Å². The minimum Gasteiger partial charge on any atom is -0.618 e. The van der Waals surface area contributed by atoms with Crippen LogP contribution in [0.3, 0.4) is 0 Å². The van der Waals surface area contributed by atoms with Crippen LogP contribution in [0.4, 0.5) is 5.69 Å². The molecule has 1 heterocycles. The maximum absolute atomic E-state index is 11.4. The number of hydrogen-bond acceptors (Lipinski definition) is 5. The molecule has 1 aromatic heterocycles. The lowest BCUT2D eigenvalue weighted by Gasteiger charge is -2.08. The van der Waals surface area contributed by atoms with Crippen LogP contribution in [-0.4, -0.2) is 12.0 Å². The largest absolute Gasteiger partial charge is 0.618 e. The molecule has 8 heteroatoms. The van der Waals surface area contributed by atoms with Gasteiger partial charge in [0, 0.05) is 6.07 Å². The highest BCUT2D eigenvalue weighted by Gasteiger charge is 2.26. The summed E-state index contributed by atoms with van der Waals surface area (Å²) in [6, 6.07) is 7.42. The third-order valence-electron chi connectivity index (χ3n) is 2.44. The quantitative estimate of drug-likeness (QED) is 0.284. The van der Waals surface area contributed by atoms with E-state index in [0.29, 0.717) is 5.75 Å². The van der Waals surface area contributed by atoms with E-state index < -0.39 is 15.8 Å². The Morgan fingerprint density at radius 2 is 2.00 bits per heavy atom. The van der Waals surface area contributed by atoms with Gasteiger partial charge in [-0.15, -0.1) is 0 Å². The number of nitro groups is 1. The molecule has 0 aliphatic heterocycles. The number of pyridine rings is 1. The van der Waals surface area contributed by atoms with Gasteiger partial charge in [-0.2, -0.15) is 4.73 Å². The van der Waals surface area contributed by atoms with Gasteiger partial charge >= 0.3 is 10.8 Å². The Hall–Kier alpha value is -2.54.